The molecule has 1 aliphatic rings. The fourth-order valence-corrected chi connectivity index (χ4v) is 3.77. The Morgan fingerprint density at radius 1 is 1.21 bits per heavy atom. The van der Waals surface area contributed by atoms with E-state index in [0.717, 1.165) is 27.2 Å². The van der Waals surface area contributed by atoms with Gasteiger partial charge in [-0.05, 0) is 45.7 Å². The number of amides is 1. The maximum Gasteiger partial charge on any atom is 0.492 e. The number of nitrogens with two attached hydrogens (primary N) is 1. The number of nitrogens with one attached hydrogen (secondary N) is 1. The molecule has 2 heterocycles. The molecule has 0 aliphatic carbocycles. The van der Waals surface area contributed by atoms with E-state index in [1.165, 1.54) is 18.3 Å². The Balaban J connectivity index is 1.88. The molecule has 8 heteroatoms. The van der Waals surface area contributed by atoms with Gasteiger partial charge in [-0.15, -0.1) is 11.3 Å². The van der Waals surface area contributed by atoms with Crippen molar-refractivity contribution in [1.29, 1.82) is 0 Å². The molecule has 0 atom stereocenters. The average Bonchev–Trinajstić information content (AvgIpc) is 3.06. The second-order valence-electron chi connectivity index (χ2n) is 8.30. The molecule has 0 radical (unpaired) electrons. The molecule has 3 N–H and O–H groups in total. The summed E-state index contributed by atoms with van der Waals surface area (Å²) in [6, 6.07) is 8.08. The number of aryl methyl sites for hydroxylation is 1. The second-order valence-corrected chi connectivity index (χ2v) is 9.53. The molecule has 0 unspecified atom stereocenters. The second kappa shape index (κ2) is 7.93. The van der Waals surface area contributed by atoms with Gasteiger partial charge in [-0.3, -0.25) is 4.79 Å². The smallest absolute Gasteiger partial charge is 0.400 e. The van der Waals surface area contributed by atoms with Crippen LogP contribution >= 0.6 is 11.3 Å². The summed E-state index contributed by atoms with van der Waals surface area (Å²) >= 11 is 1.49. The first-order chi connectivity index (χ1) is 13.5. The Hall–Kier alpha value is -2.16. The van der Waals surface area contributed by atoms with Gasteiger partial charge in [-0.1, -0.05) is 30.3 Å². The summed E-state index contributed by atoms with van der Waals surface area (Å²) in [6.45, 7) is 11.9. The van der Waals surface area contributed by atoms with Crippen molar-refractivity contribution in [2.45, 2.75) is 52.7 Å². The van der Waals surface area contributed by atoms with Gasteiger partial charge < -0.3 is 20.4 Å². The van der Waals surface area contributed by atoms with Crippen LogP contribution in [-0.4, -0.2) is 35.8 Å². The van der Waals surface area contributed by atoms with E-state index in [0.29, 0.717) is 11.7 Å². The van der Waals surface area contributed by atoms with Crippen molar-refractivity contribution >= 4 is 35.6 Å². The minimum absolute atomic E-state index is 0.0978. The number of hydrogen-bond acceptors (Lipinski definition) is 6. The summed E-state index contributed by atoms with van der Waals surface area (Å²) in [4.78, 5) is 17.0. The number of carbonyl (C=O) groups excluding carboxylic acids is 1. The number of hydrogen-bond donors (Lipinski definition) is 2. The van der Waals surface area contributed by atoms with Crippen molar-refractivity contribution in [3.63, 3.8) is 0 Å². The molecule has 0 bridgehead atoms. The fourth-order valence-electron chi connectivity index (χ4n) is 3.06. The Morgan fingerprint density at radius 2 is 1.79 bits per heavy atom. The number of rotatable bonds is 5. The summed E-state index contributed by atoms with van der Waals surface area (Å²) < 4.78 is 12.4. The largest absolute Gasteiger partial charge is 0.492 e. The number of benzene rings is 1. The van der Waals surface area contributed by atoms with Crippen LogP contribution in [0.5, 0.6) is 0 Å². The molecule has 1 fully saturated rings. The molecule has 0 spiro atoms. The van der Waals surface area contributed by atoms with Gasteiger partial charge in [-0.2, -0.15) is 0 Å². The SMILES string of the molecule is CC(=O)NCC(=Cc1ccc(-c2nc(N)sc2C)cc1)B1OC(C)(C)C(C)(C)O1. The Bertz CT molecular complexity index is 919. The first-order valence-corrected chi connectivity index (χ1v) is 10.4. The quantitative estimate of drug-likeness (QED) is 0.728. The van der Waals surface area contributed by atoms with Gasteiger partial charge in [0.2, 0.25) is 5.91 Å². The molecular formula is C21H28BN3O3S. The summed E-state index contributed by atoms with van der Waals surface area (Å²) in [5.41, 5.74) is 8.71. The number of nitrogen functional groups attached to an aromatic ring is 1. The van der Waals surface area contributed by atoms with Gasteiger partial charge in [0.1, 0.15) is 0 Å². The van der Waals surface area contributed by atoms with E-state index in [1.54, 1.807) is 0 Å². The van der Waals surface area contributed by atoms with E-state index < -0.39 is 18.3 Å². The van der Waals surface area contributed by atoms with Crippen LogP contribution in [0.1, 0.15) is 45.1 Å². The zero-order chi connectivity index (χ0) is 21.4. The van der Waals surface area contributed by atoms with Crippen molar-refractivity contribution in [2.24, 2.45) is 0 Å². The Kier molecular flexibility index (Phi) is 5.90. The highest BCUT2D eigenvalue weighted by atomic mass is 32.1. The third kappa shape index (κ3) is 4.71. The maximum absolute atomic E-state index is 11.5. The van der Waals surface area contributed by atoms with Crippen LogP contribution in [0.3, 0.4) is 0 Å². The molecule has 2 aromatic rings. The van der Waals surface area contributed by atoms with Crippen LogP contribution in [0.2, 0.25) is 0 Å². The van der Waals surface area contributed by atoms with Crippen molar-refractivity contribution in [2.75, 3.05) is 12.3 Å². The monoisotopic (exact) mass is 413 g/mol. The summed E-state index contributed by atoms with van der Waals surface area (Å²) in [6.07, 6.45) is 2.00. The highest BCUT2D eigenvalue weighted by molar-refractivity contribution is 7.15. The van der Waals surface area contributed by atoms with E-state index in [2.05, 4.69) is 10.3 Å². The lowest BCUT2D eigenvalue weighted by Gasteiger charge is -2.32. The van der Waals surface area contributed by atoms with Crippen LogP contribution in [0.25, 0.3) is 17.3 Å². The number of carbonyl (C=O) groups is 1. The summed E-state index contributed by atoms with van der Waals surface area (Å²) in [5.74, 6) is -0.0978. The van der Waals surface area contributed by atoms with Crippen LogP contribution in [0.15, 0.2) is 29.7 Å². The third-order valence-corrected chi connectivity index (χ3v) is 6.25. The fraction of sp³-hybridized carbons (Fsp3) is 0.429. The molecule has 29 heavy (non-hydrogen) atoms. The van der Waals surface area contributed by atoms with E-state index in [4.69, 9.17) is 15.0 Å². The van der Waals surface area contributed by atoms with Gasteiger partial charge in [0.25, 0.3) is 0 Å². The number of thiazole rings is 1. The number of nitrogens with zero attached hydrogens (tertiary/aromatic N) is 1. The van der Waals surface area contributed by atoms with Gasteiger partial charge >= 0.3 is 7.12 Å². The average molecular weight is 413 g/mol. The van der Waals surface area contributed by atoms with Crippen LogP contribution in [0, 0.1) is 6.92 Å². The first-order valence-electron chi connectivity index (χ1n) is 9.62. The zero-order valence-corrected chi connectivity index (χ0v) is 18.6. The standard InChI is InChI=1S/C21H28BN3O3S/c1-13-18(25-19(23)29-13)16-9-7-15(8-10-16)11-17(12-24-14(2)26)22-27-20(3,4)21(5,6)28-22/h7-11H,12H2,1-6H3,(H2,23,25)(H,24,26). The normalized spacial score (nSPS) is 18.1. The summed E-state index contributed by atoms with van der Waals surface area (Å²) in [7, 11) is -0.521. The molecule has 1 aliphatic heterocycles. The lowest BCUT2D eigenvalue weighted by atomic mass is 9.77. The number of anilines is 1. The lowest BCUT2D eigenvalue weighted by molar-refractivity contribution is -0.118. The predicted octanol–water partition coefficient (Wildman–Crippen LogP) is 3.85. The van der Waals surface area contributed by atoms with E-state index in [1.807, 2.05) is 65.0 Å². The lowest BCUT2D eigenvalue weighted by Crippen LogP contribution is -2.41. The molecule has 1 amide bonds. The molecular weight excluding hydrogens is 385 g/mol. The van der Waals surface area contributed by atoms with E-state index in [-0.39, 0.29) is 5.91 Å². The zero-order valence-electron chi connectivity index (χ0n) is 17.8. The van der Waals surface area contributed by atoms with Gasteiger partial charge in [0.15, 0.2) is 5.13 Å². The molecule has 0 saturated carbocycles. The van der Waals surface area contributed by atoms with Crippen LogP contribution < -0.4 is 11.1 Å². The highest BCUT2D eigenvalue weighted by Crippen LogP contribution is 2.39. The molecule has 1 aromatic carbocycles. The Labute approximate surface area is 176 Å². The minimum Gasteiger partial charge on any atom is -0.400 e. The topological polar surface area (TPSA) is 86.5 Å². The third-order valence-electron chi connectivity index (χ3n) is 5.45. The van der Waals surface area contributed by atoms with Crippen molar-refractivity contribution < 1.29 is 14.1 Å². The van der Waals surface area contributed by atoms with Gasteiger partial charge in [0, 0.05) is 23.9 Å². The molecule has 154 valence electrons. The van der Waals surface area contributed by atoms with Gasteiger partial charge in [-0.25, -0.2) is 4.98 Å². The maximum atomic E-state index is 11.5. The first kappa shape index (κ1) is 21.6. The van der Waals surface area contributed by atoms with Crippen molar-refractivity contribution in [3.05, 3.63) is 40.2 Å². The molecule has 1 saturated heterocycles. The van der Waals surface area contributed by atoms with Crippen LogP contribution in [0.4, 0.5) is 5.13 Å². The van der Waals surface area contributed by atoms with E-state index >= 15 is 0 Å². The van der Waals surface area contributed by atoms with Gasteiger partial charge in [0.05, 0.1) is 16.9 Å². The molecule has 1 aromatic heterocycles. The van der Waals surface area contributed by atoms with Crippen LogP contribution in [-0.2, 0) is 14.1 Å². The number of aromatic nitrogens is 1. The predicted molar refractivity (Wildman–Crippen MR) is 119 cm³/mol. The molecule has 3 rings (SSSR count). The van der Waals surface area contributed by atoms with E-state index in [9.17, 15) is 4.79 Å². The highest BCUT2D eigenvalue weighted by Gasteiger charge is 2.52. The van der Waals surface area contributed by atoms with Crippen molar-refractivity contribution in [3.8, 4) is 11.3 Å². The summed E-state index contributed by atoms with van der Waals surface area (Å²) in [5, 5.41) is 3.42. The van der Waals surface area contributed by atoms with Crippen molar-refractivity contribution in [1.82, 2.24) is 10.3 Å². The molecule has 6 nitrogen and oxygen atoms in total. The minimum atomic E-state index is -0.521. The Morgan fingerprint density at radius 3 is 2.28 bits per heavy atom.